The van der Waals surface area contributed by atoms with Crippen molar-refractivity contribution in [1.29, 1.82) is 0 Å². The number of ether oxygens (including phenoxy) is 2. The quantitative estimate of drug-likeness (QED) is 0.918. The molecule has 2 aliphatic rings. The third-order valence-electron chi connectivity index (χ3n) is 3.24. The van der Waals surface area contributed by atoms with Crippen LogP contribution in [-0.4, -0.2) is 25.8 Å². The van der Waals surface area contributed by atoms with Crippen molar-refractivity contribution < 1.29 is 9.47 Å². The zero-order valence-electron chi connectivity index (χ0n) is 10.8. The van der Waals surface area contributed by atoms with Crippen molar-refractivity contribution in [2.45, 2.75) is 25.3 Å². The van der Waals surface area contributed by atoms with Crippen LogP contribution in [0.2, 0.25) is 5.02 Å². The lowest BCUT2D eigenvalue weighted by Crippen LogP contribution is -2.15. The van der Waals surface area contributed by atoms with Crippen LogP contribution in [0.15, 0.2) is 18.2 Å². The number of nitrogens with one attached hydrogen (secondary N) is 1. The molecule has 0 spiro atoms. The highest BCUT2D eigenvalue weighted by atomic mass is 35.5. The smallest absolute Gasteiger partial charge is 0.179 e. The van der Waals surface area contributed by atoms with E-state index in [0.29, 0.717) is 24.0 Å². The fraction of sp³-hybridized carbons (Fsp3) is 0.467. The summed E-state index contributed by atoms with van der Waals surface area (Å²) in [6.07, 6.45) is 7.69. The molecule has 4 heteroatoms. The van der Waals surface area contributed by atoms with Crippen molar-refractivity contribution in [3.63, 3.8) is 0 Å². The van der Waals surface area contributed by atoms with E-state index in [9.17, 15) is 0 Å². The van der Waals surface area contributed by atoms with Gasteiger partial charge < -0.3 is 14.8 Å². The van der Waals surface area contributed by atoms with Gasteiger partial charge in [0.1, 0.15) is 0 Å². The SMILES string of the molecule is Clc1cc(C=CCNC2CC2)cc2c1OCCCO2. The maximum absolute atomic E-state index is 6.24. The van der Waals surface area contributed by atoms with Crippen LogP contribution in [-0.2, 0) is 0 Å². The minimum absolute atomic E-state index is 0.620. The summed E-state index contributed by atoms with van der Waals surface area (Å²) in [5.74, 6) is 1.42. The Balaban J connectivity index is 1.70. The number of hydrogen-bond acceptors (Lipinski definition) is 3. The van der Waals surface area contributed by atoms with E-state index in [2.05, 4.69) is 17.5 Å². The van der Waals surface area contributed by atoms with Crippen molar-refractivity contribution >= 4 is 17.7 Å². The molecule has 0 radical (unpaired) electrons. The zero-order chi connectivity index (χ0) is 13.1. The largest absolute Gasteiger partial charge is 0.489 e. The van der Waals surface area contributed by atoms with Gasteiger partial charge in [0.2, 0.25) is 0 Å². The predicted octanol–water partition coefficient (Wildman–Crippen LogP) is 3.27. The number of fused-ring (bicyclic) bond motifs is 1. The summed E-state index contributed by atoms with van der Waals surface area (Å²) < 4.78 is 11.3. The van der Waals surface area contributed by atoms with Gasteiger partial charge in [0, 0.05) is 19.0 Å². The van der Waals surface area contributed by atoms with Crippen molar-refractivity contribution in [1.82, 2.24) is 5.32 Å². The summed E-state index contributed by atoms with van der Waals surface area (Å²) in [6, 6.07) is 4.64. The summed E-state index contributed by atoms with van der Waals surface area (Å²) in [6.45, 7) is 2.24. The van der Waals surface area contributed by atoms with Gasteiger partial charge in [-0.3, -0.25) is 0 Å². The molecule has 0 atom stereocenters. The van der Waals surface area contributed by atoms with Crippen LogP contribution in [0, 0.1) is 0 Å². The van der Waals surface area contributed by atoms with E-state index in [1.807, 2.05) is 12.1 Å². The molecular weight excluding hydrogens is 262 g/mol. The van der Waals surface area contributed by atoms with Gasteiger partial charge >= 0.3 is 0 Å². The lowest BCUT2D eigenvalue weighted by molar-refractivity contribution is 0.297. The second kappa shape index (κ2) is 5.85. The average molecular weight is 280 g/mol. The van der Waals surface area contributed by atoms with Crippen LogP contribution < -0.4 is 14.8 Å². The monoisotopic (exact) mass is 279 g/mol. The second-order valence-corrected chi connectivity index (χ2v) is 5.37. The number of hydrogen-bond donors (Lipinski definition) is 1. The van der Waals surface area contributed by atoms with Gasteiger partial charge in [0.05, 0.1) is 18.2 Å². The standard InChI is InChI=1S/C15H18ClNO2/c16-13-9-11(3-1-6-17-12-4-5-12)10-14-15(13)19-8-2-7-18-14/h1,3,9-10,12,17H,2,4-8H2. The fourth-order valence-corrected chi connectivity index (χ4v) is 2.34. The molecule has 0 saturated heterocycles. The lowest BCUT2D eigenvalue weighted by atomic mass is 10.2. The molecule has 1 fully saturated rings. The number of halogens is 1. The van der Waals surface area contributed by atoms with E-state index in [4.69, 9.17) is 21.1 Å². The number of benzene rings is 1. The predicted molar refractivity (Wildman–Crippen MR) is 77.1 cm³/mol. The highest BCUT2D eigenvalue weighted by Gasteiger charge is 2.19. The molecule has 0 unspecified atom stereocenters. The van der Waals surface area contributed by atoms with Crippen molar-refractivity contribution in [2.24, 2.45) is 0 Å². The third kappa shape index (κ3) is 3.43. The summed E-state index contributed by atoms with van der Waals surface area (Å²) >= 11 is 6.24. The Morgan fingerprint density at radius 1 is 1.26 bits per heavy atom. The Bertz CT molecular complexity index is 483. The molecule has 0 aromatic heterocycles. The number of rotatable bonds is 4. The van der Waals surface area contributed by atoms with Crippen molar-refractivity contribution in [2.75, 3.05) is 19.8 Å². The lowest BCUT2D eigenvalue weighted by Gasteiger charge is -2.10. The highest BCUT2D eigenvalue weighted by Crippen LogP contribution is 2.38. The van der Waals surface area contributed by atoms with E-state index < -0.39 is 0 Å². The minimum Gasteiger partial charge on any atom is -0.489 e. The molecule has 0 amide bonds. The van der Waals surface area contributed by atoms with Gasteiger partial charge in [-0.1, -0.05) is 23.8 Å². The molecule has 1 aliphatic carbocycles. The topological polar surface area (TPSA) is 30.5 Å². The first-order chi connectivity index (χ1) is 9.33. The van der Waals surface area contributed by atoms with Gasteiger partial charge in [0.15, 0.2) is 11.5 Å². The van der Waals surface area contributed by atoms with Crippen LogP contribution in [0.5, 0.6) is 11.5 Å². The Morgan fingerprint density at radius 3 is 2.95 bits per heavy atom. The minimum atomic E-state index is 0.620. The zero-order valence-corrected chi connectivity index (χ0v) is 11.6. The summed E-state index contributed by atoms with van der Waals surface area (Å²) in [5.41, 5.74) is 1.05. The fourth-order valence-electron chi connectivity index (χ4n) is 2.06. The van der Waals surface area contributed by atoms with Gasteiger partial charge in [-0.2, -0.15) is 0 Å². The highest BCUT2D eigenvalue weighted by molar-refractivity contribution is 6.32. The summed E-state index contributed by atoms with van der Waals surface area (Å²) in [7, 11) is 0. The third-order valence-corrected chi connectivity index (χ3v) is 3.52. The van der Waals surface area contributed by atoms with E-state index in [1.54, 1.807) is 0 Å². The first kappa shape index (κ1) is 12.8. The molecule has 102 valence electrons. The van der Waals surface area contributed by atoms with E-state index in [0.717, 1.165) is 30.3 Å². The second-order valence-electron chi connectivity index (χ2n) is 4.97. The van der Waals surface area contributed by atoms with Gasteiger partial charge in [-0.05, 0) is 30.5 Å². The molecule has 1 aromatic rings. The van der Waals surface area contributed by atoms with Gasteiger partial charge in [-0.25, -0.2) is 0 Å². The van der Waals surface area contributed by atoms with Crippen LogP contribution >= 0.6 is 11.6 Å². The molecule has 1 aromatic carbocycles. The van der Waals surface area contributed by atoms with Crippen LogP contribution in [0.3, 0.4) is 0 Å². The molecule has 3 nitrogen and oxygen atoms in total. The summed E-state index contributed by atoms with van der Waals surface area (Å²) in [5, 5.41) is 4.06. The Labute approximate surface area is 118 Å². The normalized spacial score (nSPS) is 18.6. The van der Waals surface area contributed by atoms with Gasteiger partial charge in [-0.15, -0.1) is 0 Å². The molecule has 1 aliphatic heterocycles. The van der Waals surface area contributed by atoms with Gasteiger partial charge in [0.25, 0.3) is 0 Å². The van der Waals surface area contributed by atoms with E-state index in [-0.39, 0.29) is 0 Å². The van der Waals surface area contributed by atoms with E-state index >= 15 is 0 Å². The molecule has 3 rings (SSSR count). The van der Waals surface area contributed by atoms with Crippen LogP contribution in [0.25, 0.3) is 6.08 Å². The van der Waals surface area contributed by atoms with Crippen LogP contribution in [0.4, 0.5) is 0 Å². The summed E-state index contributed by atoms with van der Waals surface area (Å²) in [4.78, 5) is 0. The van der Waals surface area contributed by atoms with Crippen molar-refractivity contribution in [3.8, 4) is 11.5 Å². The molecular formula is C15H18ClNO2. The molecule has 1 saturated carbocycles. The first-order valence-electron chi connectivity index (χ1n) is 6.82. The molecule has 19 heavy (non-hydrogen) atoms. The Hall–Kier alpha value is -1.19. The molecule has 1 heterocycles. The Kier molecular flexibility index (Phi) is 3.95. The average Bonchev–Trinajstić information content (AvgIpc) is 3.21. The Morgan fingerprint density at radius 2 is 2.11 bits per heavy atom. The maximum Gasteiger partial charge on any atom is 0.179 e. The maximum atomic E-state index is 6.24. The van der Waals surface area contributed by atoms with E-state index in [1.165, 1.54) is 12.8 Å². The first-order valence-corrected chi connectivity index (χ1v) is 7.20. The van der Waals surface area contributed by atoms with Crippen molar-refractivity contribution in [3.05, 3.63) is 28.8 Å². The van der Waals surface area contributed by atoms with Crippen LogP contribution in [0.1, 0.15) is 24.8 Å². The molecule has 1 N–H and O–H groups in total. The molecule has 0 bridgehead atoms.